The number of aliphatic hydroxyl groups is 1. The number of hydrogen-bond acceptors (Lipinski definition) is 7. The van der Waals surface area contributed by atoms with Crippen LogP contribution in [0, 0.1) is 17.8 Å². The first-order chi connectivity index (χ1) is 23.1. The van der Waals surface area contributed by atoms with E-state index in [0.717, 1.165) is 45.7 Å². The van der Waals surface area contributed by atoms with Crippen molar-refractivity contribution in [2.75, 3.05) is 0 Å². The minimum Gasteiger partial charge on any atom is -0.387 e. The fraction of sp³-hybridized carbons (Fsp3) is 0.343. The molecule has 0 spiro atoms. The van der Waals surface area contributed by atoms with Crippen LogP contribution in [-0.4, -0.2) is 45.3 Å². The highest BCUT2D eigenvalue weighted by atomic mass is 35.5. The molecule has 6 rings (SSSR count). The van der Waals surface area contributed by atoms with E-state index in [0.29, 0.717) is 34.7 Å². The first-order valence-corrected chi connectivity index (χ1v) is 18.1. The summed E-state index contributed by atoms with van der Waals surface area (Å²) in [6.07, 6.45) is 9.33. The summed E-state index contributed by atoms with van der Waals surface area (Å²) in [6, 6.07) is 20.9. The molecule has 0 saturated heterocycles. The molecule has 3 atom stereocenters. The summed E-state index contributed by atoms with van der Waals surface area (Å²) in [5, 5.41) is 23.3. The lowest BCUT2D eigenvalue weighted by molar-refractivity contribution is -0.0667. The highest BCUT2D eigenvalue weighted by molar-refractivity contribution is 8.13. The minimum atomic E-state index is -0.749. The summed E-state index contributed by atoms with van der Waals surface area (Å²) in [5.41, 5.74) is 2.30. The van der Waals surface area contributed by atoms with Crippen LogP contribution < -0.4 is 0 Å². The number of aromatic nitrogens is 6. The van der Waals surface area contributed by atoms with E-state index >= 15 is 0 Å². The molecule has 1 fully saturated rings. The number of benzene rings is 3. The van der Waals surface area contributed by atoms with Gasteiger partial charge in [-0.05, 0) is 90.6 Å². The van der Waals surface area contributed by atoms with Crippen LogP contribution in [0.1, 0.15) is 37.8 Å². The van der Waals surface area contributed by atoms with Gasteiger partial charge in [0.1, 0.15) is 25.3 Å². The number of halogens is 4. The van der Waals surface area contributed by atoms with Gasteiger partial charge in [0.25, 0.3) is 0 Å². The molecule has 2 heterocycles. The van der Waals surface area contributed by atoms with E-state index in [4.69, 9.17) is 46.4 Å². The predicted molar refractivity (Wildman–Crippen MR) is 198 cm³/mol. The van der Waals surface area contributed by atoms with Crippen molar-refractivity contribution >= 4 is 68.9 Å². The normalized spacial score (nSPS) is 19.4. The summed E-state index contributed by atoms with van der Waals surface area (Å²) < 4.78 is 3.48. The summed E-state index contributed by atoms with van der Waals surface area (Å²) in [6.45, 7) is 5.41. The molecule has 13 heteroatoms. The number of hydrogen-bond donors (Lipinski definition) is 1. The topological polar surface area (TPSA) is 94.0 Å². The molecule has 2 aromatic heterocycles. The van der Waals surface area contributed by atoms with Crippen molar-refractivity contribution in [3.63, 3.8) is 0 Å². The Kier molecular flexibility index (Phi) is 13.0. The molecule has 0 aliphatic heterocycles. The van der Waals surface area contributed by atoms with Crippen LogP contribution in [0.15, 0.2) is 97.0 Å². The smallest absolute Gasteiger partial charge is 0.137 e. The van der Waals surface area contributed by atoms with Gasteiger partial charge in [0, 0.05) is 20.8 Å². The summed E-state index contributed by atoms with van der Waals surface area (Å²) in [7, 11) is 0. The third-order valence-corrected chi connectivity index (χ3v) is 10.6. The number of aliphatic imine (C=N–C) groups is 1. The Balaban J connectivity index is 0.000000188. The first-order valence-electron chi connectivity index (χ1n) is 15.6. The van der Waals surface area contributed by atoms with Crippen molar-refractivity contribution < 1.29 is 5.11 Å². The molecule has 3 aromatic carbocycles. The molecule has 5 aromatic rings. The maximum absolute atomic E-state index is 11.6. The van der Waals surface area contributed by atoms with Crippen molar-refractivity contribution in [1.82, 2.24) is 29.5 Å². The Labute approximate surface area is 305 Å². The van der Waals surface area contributed by atoms with E-state index in [1.54, 1.807) is 52.0 Å². The van der Waals surface area contributed by atoms with E-state index in [2.05, 4.69) is 51.1 Å². The van der Waals surface area contributed by atoms with Crippen molar-refractivity contribution in [2.24, 2.45) is 22.7 Å². The second kappa shape index (κ2) is 17.1. The first kappa shape index (κ1) is 36.4. The van der Waals surface area contributed by atoms with Crippen molar-refractivity contribution in [3.8, 4) is 0 Å². The lowest BCUT2D eigenvalue weighted by atomic mass is 9.76. The molecule has 0 bridgehead atoms. The molecule has 0 radical (unpaired) electrons. The third kappa shape index (κ3) is 10.1. The zero-order chi connectivity index (χ0) is 34.1. The van der Waals surface area contributed by atoms with Crippen molar-refractivity contribution in [1.29, 1.82) is 0 Å². The number of thioether (sulfide) groups is 1. The van der Waals surface area contributed by atoms with E-state index in [9.17, 15) is 5.11 Å². The number of nitrogens with zero attached hydrogens (tertiary/aromatic N) is 7. The van der Waals surface area contributed by atoms with E-state index < -0.39 is 5.60 Å². The lowest BCUT2D eigenvalue weighted by Crippen LogP contribution is -2.46. The zero-order valence-electron chi connectivity index (χ0n) is 26.6. The Morgan fingerprint density at radius 3 is 2.04 bits per heavy atom. The highest BCUT2D eigenvalue weighted by Gasteiger charge is 2.50. The van der Waals surface area contributed by atoms with Gasteiger partial charge < -0.3 is 5.11 Å². The summed E-state index contributed by atoms with van der Waals surface area (Å²) in [4.78, 5) is 12.7. The van der Waals surface area contributed by atoms with Gasteiger partial charge >= 0.3 is 0 Å². The van der Waals surface area contributed by atoms with E-state index in [1.807, 2.05) is 36.4 Å². The second-order valence-corrected chi connectivity index (χ2v) is 14.9. The minimum absolute atomic E-state index is 0.222. The standard InChI is InChI=1S/C18H24ClN3O.C17H13Cl3N4S/c1-13(2)17-8-5-15(9-14-3-6-16(19)7-4-14)18(17,23)10-22-12-20-11-21-22;18-13-3-1-12(2-4-13)9-25-17(8-24-11-21-10-22-24)23-16-6-5-14(19)7-15(16)20/h3-4,6-7,11-13,15,17,23H,5,8-10H2,1-2H3;1-7,10-11H,8-9H2. The number of rotatable bonds is 10. The SMILES string of the molecule is CC(C)C1CCC(Cc2ccc(Cl)cc2)C1(O)Cn1cncn1.Clc1ccc(CSC(Cn2cncn2)=Nc2ccc(Cl)cc2Cl)cc1. The Bertz CT molecular complexity index is 1750. The Hall–Kier alpha value is -2.92. The van der Waals surface area contributed by atoms with Gasteiger partial charge in [-0.15, -0.1) is 11.8 Å². The van der Waals surface area contributed by atoms with Crippen LogP contribution in [-0.2, 0) is 25.3 Å². The van der Waals surface area contributed by atoms with Gasteiger partial charge in [-0.1, -0.05) is 84.5 Å². The molecule has 1 aliphatic carbocycles. The molecule has 1 aliphatic rings. The fourth-order valence-electron chi connectivity index (χ4n) is 6.12. The van der Waals surface area contributed by atoms with Gasteiger partial charge in [-0.3, -0.25) is 4.68 Å². The molecule has 1 saturated carbocycles. The van der Waals surface area contributed by atoms with Gasteiger partial charge in [-0.25, -0.2) is 19.6 Å². The molecular weight excluding hydrogens is 708 g/mol. The monoisotopic (exact) mass is 743 g/mol. The quantitative estimate of drug-likeness (QED) is 0.113. The second-order valence-electron chi connectivity index (χ2n) is 12.1. The van der Waals surface area contributed by atoms with Gasteiger partial charge in [0.15, 0.2) is 0 Å². The molecule has 0 amide bonds. The fourth-order valence-corrected chi connectivity index (χ4v) is 7.73. The third-order valence-electron chi connectivity index (χ3n) is 8.49. The van der Waals surface area contributed by atoms with Crippen LogP contribution in [0.3, 0.4) is 0 Å². The van der Waals surface area contributed by atoms with Gasteiger partial charge in [0.05, 0.1) is 34.4 Å². The van der Waals surface area contributed by atoms with Crippen molar-refractivity contribution in [2.45, 2.75) is 57.6 Å². The molecule has 48 heavy (non-hydrogen) atoms. The van der Waals surface area contributed by atoms with Gasteiger partial charge in [0.2, 0.25) is 0 Å². The predicted octanol–water partition coefficient (Wildman–Crippen LogP) is 9.49. The van der Waals surface area contributed by atoms with Crippen LogP contribution in [0.2, 0.25) is 20.1 Å². The van der Waals surface area contributed by atoms with Crippen LogP contribution in [0.5, 0.6) is 0 Å². The average molecular weight is 746 g/mol. The highest BCUT2D eigenvalue weighted by Crippen LogP contribution is 2.47. The Morgan fingerprint density at radius 2 is 1.46 bits per heavy atom. The van der Waals surface area contributed by atoms with Crippen LogP contribution >= 0.6 is 58.2 Å². The molecule has 8 nitrogen and oxygen atoms in total. The van der Waals surface area contributed by atoms with Crippen LogP contribution in [0.25, 0.3) is 0 Å². The Morgan fingerprint density at radius 1 is 0.854 bits per heavy atom. The lowest BCUT2D eigenvalue weighted by Gasteiger charge is -2.37. The van der Waals surface area contributed by atoms with E-state index in [-0.39, 0.29) is 11.8 Å². The summed E-state index contributed by atoms with van der Waals surface area (Å²) >= 11 is 25.7. The average Bonchev–Trinajstić information content (AvgIpc) is 3.83. The summed E-state index contributed by atoms with van der Waals surface area (Å²) in [5.74, 6) is 1.71. The molecule has 1 N–H and O–H groups in total. The van der Waals surface area contributed by atoms with E-state index in [1.165, 1.54) is 18.2 Å². The van der Waals surface area contributed by atoms with Crippen LogP contribution in [0.4, 0.5) is 5.69 Å². The maximum atomic E-state index is 11.6. The molecule has 252 valence electrons. The zero-order valence-corrected chi connectivity index (χ0v) is 30.5. The molecule has 3 unspecified atom stereocenters. The van der Waals surface area contributed by atoms with Gasteiger partial charge in [-0.2, -0.15) is 10.2 Å². The maximum Gasteiger partial charge on any atom is 0.137 e. The molecular formula is C35H37Cl4N7OS. The van der Waals surface area contributed by atoms with Crippen molar-refractivity contribution in [3.05, 3.63) is 123 Å². The largest absolute Gasteiger partial charge is 0.387 e.